The summed E-state index contributed by atoms with van der Waals surface area (Å²) in [7, 11) is 1.77. The number of amides is 1. The van der Waals surface area contributed by atoms with Gasteiger partial charge in [-0.1, -0.05) is 19.1 Å². The van der Waals surface area contributed by atoms with Gasteiger partial charge >= 0.3 is 0 Å². The number of rotatable bonds is 3. The summed E-state index contributed by atoms with van der Waals surface area (Å²) in [5.74, 6) is -0.160. The van der Waals surface area contributed by atoms with Gasteiger partial charge in [0.2, 0.25) is 5.91 Å². The molecule has 1 aromatic carbocycles. The summed E-state index contributed by atoms with van der Waals surface area (Å²) in [4.78, 5) is 14.7. The minimum absolute atomic E-state index is 0.121. The Morgan fingerprint density at radius 2 is 2.27 bits per heavy atom. The Bertz CT molecular complexity index is 562. The largest absolute Gasteiger partial charge is 0.381 e. The zero-order chi connectivity index (χ0) is 15.7. The molecule has 1 saturated heterocycles. The number of benzene rings is 1. The Balaban J connectivity index is 1.69. The highest BCUT2D eigenvalue weighted by atomic mass is 19.1. The van der Waals surface area contributed by atoms with Crippen LogP contribution in [0.3, 0.4) is 0 Å². The topological polar surface area (TPSA) is 29.5 Å². The van der Waals surface area contributed by atoms with Gasteiger partial charge in [-0.2, -0.15) is 0 Å². The summed E-state index contributed by atoms with van der Waals surface area (Å²) in [6.45, 7) is 3.09. The van der Waals surface area contributed by atoms with E-state index in [1.165, 1.54) is 12.1 Å². The van der Waals surface area contributed by atoms with Crippen LogP contribution in [-0.2, 0) is 16.0 Å². The van der Waals surface area contributed by atoms with Crippen molar-refractivity contribution in [3.8, 4) is 0 Å². The van der Waals surface area contributed by atoms with Crippen LogP contribution in [-0.4, -0.2) is 36.6 Å². The van der Waals surface area contributed by atoms with Crippen molar-refractivity contribution in [1.82, 2.24) is 4.90 Å². The van der Waals surface area contributed by atoms with E-state index in [1.807, 2.05) is 11.0 Å². The van der Waals surface area contributed by atoms with E-state index in [-0.39, 0.29) is 23.6 Å². The number of carbonyl (C=O) groups is 1. The van der Waals surface area contributed by atoms with Gasteiger partial charge in [-0.15, -0.1) is 0 Å². The highest BCUT2D eigenvalue weighted by molar-refractivity contribution is 5.79. The van der Waals surface area contributed by atoms with Crippen LogP contribution < -0.4 is 0 Å². The van der Waals surface area contributed by atoms with Gasteiger partial charge in [0.1, 0.15) is 5.82 Å². The molecule has 1 heterocycles. The molecule has 3 rings (SSSR count). The summed E-state index contributed by atoms with van der Waals surface area (Å²) >= 11 is 0. The van der Waals surface area contributed by atoms with Crippen LogP contribution in [0.2, 0.25) is 0 Å². The van der Waals surface area contributed by atoms with Crippen molar-refractivity contribution in [2.45, 2.75) is 51.2 Å². The number of ether oxygens (including phenoxy) is 1. The lowest BCUT2D eigenvalue weighted by Gasteiger charge is -2.42. The third-order valence-electron chi connectivity index (χ3n) is 5.46. The SMILES string of the molecule is CO[C@@H]1CC[C@H]2N(C(=O)Cc3cccc(F)c3)CC[C@@]2(C)C1. The lowest BCUT2D eigenvalue weighted by Crippen LogP contribution is -2.47. The van der Waals surface area contributed by atoms with Crippen molar-refractivity contribution in [1.29, 1.82) is 0 Å². The number of likely N-dealkylation sites (tertiary alicyclic amines) is 1. The molecule has 0 aromatic heterocycles. The fourth-order valence-electron chi connectivity index (χ4n) is 4.21. The molecule has 0 spiro atoms. The smallest absolute Gasteiger partial charge is 0.227 e. The minimum atomic E-state index is -0.280. The number of halogens is 1. The summed E-state index contributed by atoms with van der Waals surface area (Å²) < 4.78 is 18.8. The molecule has 0 bridgehead atoms. The molecule has 3 nitrogen and oxygen atoms in total. The molecule has 120 valence electrons. The van der Waals surface area contributed by atoms with Gasteiger partial charge in [-0.05, 0) is 48.8 Å². The average Bonchev–Trinajstić information content (AvgIpc) is 2.83. The Kier molecular flexibility index (Phi) is 4.22. The maximum Gasteiger partial charge on any atom is 0.227 e. The second-order valence-electron chi connectivity index (χ2n) is 6.95. The summed E-state index contributed by atoms with van der Waals surface area (Å²) in [6.07, 6.45) is 4.69. The molecule has 1 amide bonds. The number of nitrogens with zero attached hydrogens (tertiary/aromatic N) is 1. The standard InChI is InChI=1S/C18H24FNO2/c1-18-8-9-20(16(18)7-6-15(12-18)22-2)17(21)11-13-4-3-5-14(19)10-13/h3-5,10,15-16H,6-9,11-12H2,1-2H3/t15-,16-,18+/m1/s1. The number of hydrogen-bond acceptors (Lipinski definition) is 2. The van der Waals surface area contributed by atoms with Gasteiger partial charge in [0, 0.05) is 19.7 Å². The molecule has 0 unspecified atom stereocenters. The normalized spacial score (nSPS) is 31.1. The summed E-state index contributed by atoms with van der Waals surface area (Å²) in [6, 6.07) is 6.65. The monoisotopic (exact) mass is 305 g/mol. The molecule has 2 fully saturated rings. The highest BCUT2D eigenvalue weighted by Gasteiger charge is 2.49. The zero-order valence-corrected chi connectivity index (χ0v) is 13.3. The Labute approximate surface area is 131 Å². The highest BCUT2D eigenvalue weighted by Crippen LogP contribution is 2.47. The van der Waals surface area contributed by atoms with Gasteiger partial charge < -0.3 is 9.64 Å². The van der Waals surface area contributed by atoms with Crippen molar-refractivity contribution < 1.29 is 13.9 Å². The summed E-state index contributed by atoms with van der Waals surface area (Å²) in [5.41, 5.74) is 0.917. The number of methoxy groups -OCH3 is 1. The van der Waals surface area contributed by atoms with E-state index in [0.717, 1.165) is 37.8 Å². The molecule has 1 aliphatic heterocycles. The van der Waals surface area contributed by atoms with Gasteiger partial charge in [-0.25, -0.2) is 4.39 Å². The Morgan fingerprint density at radius 1 is 1.45 bits per heavy atom. The number of carbonyl (C=O) groups excluding carboxylic acids is 1. The van der Waals surface area contributed by atoms with E-state index in [0.29, 0.717) is 12.1 Å². The van der Waals surface area contributed by atoms with Crippen molar-refractivity contribution in [2.75, 3.05) is 13.7 Å². The molecular formula is C18H24FNO2. The fourth-order valence-corrected chi connectivity index (χ4v) is 4.21. The average molecular weight is 305 g/mol. The van der Waals surface area contributed by atoms with Crippen molar-refractivity contribution in [3.63, 3.8) is 0 Å². The van der Waals surface area contributed by atoms with Gasteiger partial charge in [-0.3, -0.25) is 4.79 Å². The lowest BCUT2D eigenvalue weighted by molar-refractivity contribution is -0.133. The molecule has 1 aliphatic carbocycles. The van der Waals surface area contributed by atoms with Crippen LogP contribution in [0.15, 0.2) is 24.3 Å². The van der Waals surface area contributed by atoms with Gasteiger partial charge in [0.05, 0.1) is 12.5 Å². The van der Waals surface area contributed by atoms with Crippen molar-refractivity contribution in [3.05, 3.63) is 35.6 Å². The summed E-state index contributed by atoms with van der Waals surface area (Å²) in [5, 5.41) is 0. The van der Waals surface area contributed by atoms with E-state index in [9.17, 15) is 9.18 Å². The zero-order valence-electron chi connectivity index (χ0n) is 13.3. The van der Waals surface area contributed by atoms with Crippen molar-refractivity contribution in [2.24, 2.45) is 5.41 Å². The maximum absolute atomic E-state index is 13.3. The maximum atomic E-state index is 13.3. The molecular weight excluding hydrogens is 281 g/mol. The predicted molar refractivity (Wildman–Crippen MR) is 83.0 cm³/mol. The first-order chi connectivity index (χ1) is 10.5. The Morgan fingerprint density at radius 3 is 3.00 bits per heavy atom. The van der Waals surface area contributed by atoms with Crippen LogP contribution in [0.25, 0.3) is 0 Å². The van der Waals surface area contributed by atoms with Crippen LogP contribution >= 0.6 is 0 Å². The second-order valence-corrected chi connectivity index (χ2v) is 6.95. The van der Waals surface area contributed by atoms with Crippen LogP contribution in [0.4, 0.5) is 4.39 Å². The molecule has 4 heteroatoms. The minimum Gasteiger partial charge on any atom is -0.381 e. The first kappa shape index (κ1) is 15.5. The van der Waals surface area contributed by atoms with Gasteiger partial charge in [0.15, 0.2) is 0 Å². The first-order valence-corrected chi connectivity index (χ1v) is 8.08. The predicted octanol–water partition coefficient (Wildman–Crippen LogP) is 3.17. The van der Waals surface area contributed by atoms with E-state index < -0.39 is 0 Å². The third-order valence-corrected chi connectivity index (χ3v) is 5.46. The first-order valence-electron chi connectivity index (χ1n) is 8.08. The molecule has 22 heavy (non-hydrogen) atoms. The second kappa shape index (κ2) is 5.99. The van der Waals surface area contributed by atoms with Gasteiger partial charge in [0.25, 0.3) is 0 Å². The van der Waals surface area contributed by atoms with E-state index in [1.54, 1.807) is 13.2 Å². The molecule has 1 saturated carbocycles. The van der Waals surface area contributed by atoms with Crippen molar-refractivity contribution >= 4 is 5.91 Å². The number of hydrogen-bond donors (Lipinski definition) is 0. The van der Waals surface area contributed by atoms with E-state index in [4.69, 9.17) is 4.74 Å². The lowest BCUT2D eigenvalue weighted by atomic mass is 9.71. The molecule has 0 N–H and O–H groups in total. The molecule has 0 radical (unpaired) electrons. The van der Waals surface area contributed by atoms with E-state index in [2.05, 4.69) is 6.92 Å². The molecule has 3 atom stereocenters. The Hall–Kier alpha value is -1.42. The van der Waals surface area contributed by atoms with Crippen LogP contribution in [0.1, 0.15) is 38.2 Å². The number of fused-ring (bicyclic) bond motifs is 1. The fraction of sp³-hybridized carbons (Fsp3) is 0.611. The van der Waals surface area contributed by atoms with E-state index >= 15 is 0 Å². The molecule has 1 aromatic rings. The molecule has 2 aliphatic rings. The third kappa shape index (κ3) is 2.89. The van der Waals surface area contributed by atoms with Crippen LogP contribution in [0.5, 0.6) is 0 Å². The van der Waals surface area contributed by atoms with Crippen LogP contribution in [0, 0.1) is 11.2 Å². The quantitative estimate of drug-likeness (QED) is 0.858.